The average molecular weight is 936 g/mol. The van der Waals surface area contributed by atoms with E-state index in [9.17, 15) is 44.5 Å². The number of anilines is 1. The Morgan fingerprint density at radius 2 is 1.71 bits per heavy atom. The minimum Gasteiger partial charge on any atom is -0.593 e. The fourth-order valence-corrected chi connectivity index (χ4v) is 7.96. The number of aromatic nitrogens is 5. The molecule has 9 nitrogen and oxygen atoms in total. The van der Waals surface area contributed by atoms with Crippen LogP contribution in [0.1, 0.15) is 73.1 Å². The third-order valence-electron chi connectivity index (χ3n) is 10.0. The molecule has 0 bridgehead atoms. The quantitative estimate of drug-likeness (QED) is 0.0800. The van der Waals surface area contributed by atoms with Crippen LogP contribution in [0.5, 0.6) is 0 Å². The highest BCUT2D eigenvalue weighted by molar-refractivity contribution is 8.00. The lowest BCUT2D eigenvalue weighted by molar-refractivity contribution is -0.143. The molecule has 3 heterocycles. The van der Waals surface area contributed by atoms with Crippen LogP contribution in [0.15, 0.2) is 42.5 Å². The van der Waals surface area contributed by atoms with Crippen molar-refractivity contribution in [2.45, 2.75) is 81.7 Å². The molecular weight excluding hydrogens is 900 g/mol. The Labute approximate surface area is 360 Å². The lowest BCUT2D eigenvalue weighted by Gasteiger charge is -2.23. The number of hydrogen-bond donors (Lipinski definition) is 1. The van der Waals surface area contributed by atoms with E-state index in [4.69, 9.17) is 16.6 Å². The minimum atomic E-state index is -5.15. The van der Waals surface area contributed by atoms with Crippen molar-refractivity contribution in [2.75, 3.05) is 23.9 Å². The number of rotatable bonds is 11. The van der Waals surface area contributed by atoms with E-state index >= 15 is 8.78 Å². The van der Waals surface area contributed by atoms with Crippen molar-refractivity contribution < 1.29 is 53.3 Å². The molecule has 1 aliphatic rings. The average Bonchev–Trinajstić information content (AvgIpc) is 3.79. The SMILES string of the molecule is CSC(C)(C)C#Cc1ccc(-c2ccc(Cl)c3c(N(C)[S+](C)[O-])nn(CC(F)(F)F)c23)c(C(Cc2cc(F)cc(F)c2)NC(=O)Cn2nc(C(F)(F)F)c3c2C(F)(F)C[C@@H]3C)n1. The van der Waals surface area contributed by atoms with Crippen molar-refractivity contribution in [3.63, 3.8) is 0 Å². The Morgan fingerprint density at radius 1 is 1.06 bits per heavy atom. The molecule has 62 heavy (non-hydrogen) atoms. The summed E-state index contributed by atoms with van der Waals surface area (Å²) >= 11 is 6.19. The van der Waals surface area contributed by atoms with Crippen LogP contribution in [-0.2, 0) is 47.8 Å². The van der Waals surface area contributed by atoms with E-state index < -0.39 is 107 Å². The molecule has 5 aromatic rings. The predicted molar refractivity (Wildman–Crippen MR) is 216 cm³/mol. The number of hydrogen-bond acceptors (Lipinski definition) is 7. The standard InChI is InChI=1S/C40H36ClF10N7O2S2/c1-20-17-38(44,45)35-30(20)34(40(49,50)51)54-57(35)18-29(59)53-28(15-21-13-22(42)16-23(43)14-21)32-25(8-7-24(52-32)11-12-37(2,3)61-5)26-9-10-27(41)31-33(26)58(19-39(46,47)48)55-36(31)56(4)62(6)60/h7-10,13-14,16,20,28H,15,17-19H2,1-6H3,(H,53,59)/t20-,28?,62?/m0/s1. The van der Waals surface area contributed by atoms with E-state index in [0.717, 1.165) is 16.4 Å². The van der Waals surface area contributed by atoms with E-state index in [1.54, 1.807) is 6.26 Å². The first-order valence-corrected chi connectivity index (χ1v) is 21.5. The molecule has 2 unspecified atom stereocenters. The van der Waals surface area contributed by atoms with Gasteiger partial charge in [0.05, 0.1) is 50.8 Å². The number of nitrogens with zero attached hydrogens (tertiary/aromatic N) is 6. The molecule has 2 aromatic carbocycles. The summed E-state index contributed by atoms with van der Waals surface area (Å²) < 4.78 is 159. The number of benzene rings is 2. The number of carbonyl (C=O) groups is 1. The van der Waals surface area contributed by atoms with E-state index in [1.807, 2.05) is 13.8 Å². The van der Waals surface area contributed by atoms with Gasteiger partial charge >= 0.3 is 12.4 Å². The number of carbonyl (C=O) groups excluding carboxylic acids is 1. The Bertz CT molecular complexity index is 2580. The lowest BCUT2D eigenvalue weighted by Crippen LogP contribution is -2.35. The zero-order valence-electron chi connectivity index (χ0n) is 33.5. The van der Waals surface area contributed by atoms with E-state index in [1.165, 1.54) is 56.3 Å². The second-order valence-corrected chi connectivity index (χ2v) is 18.3. The van der Waals surface area contributed by atoms with Crippen molar-refractivity contribution >= 4 is 57.4 Å². The van der Waals surface area contributed by atoms with E-state index in [0.29, 0.717) is 10.7 Å². The van der Waals surface area contributed by atoms with Crippen LogP contribution in [0.3, 0.4) is 0 Å². The highest BCUT2D eigenvalue weighted by Gasteiger charge is 2.53. The van der Waals surface area contributed by atoms with E-state index in [-0.39, 0.29) is 54.5 Å². The van der Waals surface area contributed by atoms with Gasteiger partial charge in [0.25, 0.3) is 5.92 Å². The normalized spacial score (nSPS) is 16.2. The van der Waals surface area contributed by atoms with Gasteiger partial charge in [0.2, 0.25) is 11.7 Å². The number of nitrogens with one attached hydrogen (secondary N) is 1. The molecule has 0 saturated heterocycles. The molecule has 0 aliphatic heterocycles. The third-order valence-corrected chi connectivity index (χ3v) is 12.4. The van der Waals surface area contributed by atoms with Crippen LogP contribution < -0.4 is 9.62 Å². The maximum Gasteiger partial charge on any atom is 0.435 e. The highest BCUT2D eigenvalue weighted by Crippen LogP contribution is 2.52. The van der Waals surface area contributed by atoms with Crippen molar-refractivity contribution in [2.24, 2.45) is 0 Å². The monoisotopic (exact) mass is 935 g/mol. The van der Waals surface area contributed by atoms with Gasteiger partial charge in [-0.1, -0.05) is 30.5 Å². The van der Waals surface area contributed by atoms with Gasteiger partial charge in [-0.3, -0.25) is 14.2 Å². The van der Waals surface area contributed by atoms with Gasteiger partial charge in [-0.25, -0.2) is 13.8 Å². The van der Waals surface area contributed by atoms with Gasteiger partial charge < -0.3 is 9.87 Å². The predicted octanol–water partition coefficient (Wildman–Crippen LogP) is 9.73. The molecule has 3 aromatic heterocycles. The molecule has 1 amide bonds. The zero-order chi connectivity index (χ0) is 45.9. The number of amides is 1. The molecule has 0 fully saturated rings. The largest absolute Gasteiger partial charge is 0.593 e. The Morgan fingerprint density at radius 3 is 2.31 bits per heavy atom. The summed E-state index contributed by atoms with van der Waals surface area (Å²) in [5.74, 6) is -2.55. The number of halogens is 11. The summed E-state index contributed by atoms with van der Waals surface area (Å²) in [5.41, 5.74) is -3.89. The molecule has 3 atom stereocenters. The van der Waals surface area contributed by atoms with Gasteiger partial charge in [-0.15, -0.1) is 16.9 Å². The second kappa shape index (κ2) is 17.1. The van der Waals surface area contributed by atoms with Crippen LogP contribution in [0, 0.1) is 23.5 Å². The van der Waals surface area contributed by atoms with Crippen molar-refractivity contribution in [3.8, 4) is 23.0 Å². The number of fused-ring (bicyclic) bond motifs is 2. The van der Waals surface area contributed by atoms with Crippen molar-refractivity contribution in [1.82, 2.24) is 29.9 Å². The fraction of sp³-hybridized carbons (Fsp3) is 0.400. The Kier molecular flexibility index (Phi) is 13.0. The van der Waals surface area contributed by atoms with Crippen LogP contribution in [0.4, 0.5) is 49.7 Å². The summed E-state index contributed by atoms with van der Waals surface area (Å²) in [6.45, 7) is 1.96. The summed E-state index contributed by atoms with van der Waals surface area (Å²) in [5, 5.41) is 9.95. The molecule has 332 valence electrons. The van der Waals surface area contributed by atoms with Gasteiger partial charge in [-0.05, 0) is 74.3 Å². The molecule has 22 heteroatoms. The molecule has 0 radical (unpaired) electrons. The maximum absolute atomic E-state index is 15.3. The molecule has 1 N–H and O–H groups in total. The minimum absolute atomic E-state index is 0.00152. The lowest BCUT2D eigenvalue weighted by atomic mass is 9.93. The van der Waals surface area contributed by atoms with Crippen LogP contribution in [-0.4, -0.2) is 65.5 Å². The van der Waals surface area contributed by atoms with Gasteiger partial charge in [0.1, 0.15) is 42.4 Å². The van der Waals surface area contributed by atoms with Crippen molar-refractivity contribution in [3.05, 3.63) is 93.0 Å². The van der Waals surface area contributed by atoms with Gasteiger partial charge in [-0.2, -0.15) is 44.5 Å². The summed E-state index contributed by atoms with van der Waals surface area (Å²) in [7, 11) is 1.32. The fourth-order valence-electron chi connectivity index (χ4n) is 7.20. The first-order valence-electron chi connectivity index (χ1n) is 18.4. The smallest absolute Gasteiger partial charge is 0.435 e. The maximum atomic E-state index is 15.3. The van der Waals surface area contributed by atoms with Crippen LogP contribution >= 0.6 is 23.4 Å². The molecule has 0 saturated carbocycles. The third kappa shape index (κ3) is 9.92. The molecule has 0 spiro atoms. The van der Waals surface area contributed by atoms with Crippen LogP contribution in [0.25, 0.3) is 22.0 Å². The number of alkyl halides is 8. The van der Waals surface area contributed by atoms with Crippen LogP contribution in [0.2, 0.25) is 5.02 Å². The first kappa shape index (κ1) is 46.8. The molecule has 6 rings (SSSR count). The van der Waals surface area contributed by atoms with E-state index in [2.05, 4.69) is 27.4 Å². The highest BCUT2D eigenvalue weighted by atomic mass is 35.5. The number of thioether (sulfide) groups is 1. The summed E-state index contributed by atoms with van der Waals surface area (Å²) in [4.78, 5) is 18.7. The second-order valence-electron chi connectivity index (χ2n) is 15.1. The Balaban J connectivity index is 1.60. The first-order chi connectivity index (χ1) is 28.7. The molecule has 1 aliphatic carbocycles. The van der Waals surface area contributed by atoms with Gasteiger partial charge in [0, 0.05) is 29.2 Å². The van der Waals surface area contributed by atoms with Crippen molar-refractivity contribution in [1.29, 1.82) is 0 Å². The topological polar surface area (TPSA) is 104 Å². The number of pyridine rings is 1. The Hall–Kier alpha value is -4.65. The molecular formula is C40H36ClF10N7O2S2. The van der Waals surface area contributed by atoms with Gasteiger partial charge in [0.15, 0.2) is 5.69 Å². The summed E-state index contributed by atoms with van der Waals surface area (Å²) in [6, 6.07) is 6.41. The zero-order valence-corrected chi connectivity index (χ0v) is 35.9. The summed E-state index contributed by atoms with van der Waals surface area (Å²) in [6.07, 6.45) is -8.42.